The lowest BCUT2D eigenvalue weighted by Crippen LogP contribution is -2.64. The summed E-state index contributed by atoms with van der Waals surface area (Å²) < 4.78 is 38.2. The first kappa shape index (κ1) is 26.0. The van der Waals surface area contributed by atoms with Gasteiger partial charge in [0.05, 0.1) is 12.1 Å². The van der Waals surface area contributed by atoms with Crippen molar-refractivity contribution in [3.05, 3.63) is 17.0 Å². The van der Waals surface area contributed by atoms with Crippen molar-refractivity contribution in [2.24, 2.45) is 0 Å². The number of aromatic nitrogens is 1. The van der Waals surface area contributed by atoms with Gasteiger partial charge in [0.25, 0.3) is 0 Å². The van der Waals surface area contributed by atoms with Gasteiger partial charge in [-0.15, -0.1) is 0 Å². The molecule has 33 heavy (non-hydrogen) atoms. The molecule has 2 aliphatic rings. The Morgan fingerprint density at radius 1 is 1.24 bits per heavy atom. The molecule has 2 unspecified atom stereocenters. The Balaban J connectivity index is 1.62. The molecule has 2 saturated heterocycles. The fourth-order valence-electron chi connectivity index (χ4n) is 4.01. The Labute approximate surface area is 200 Å². The summed E-state index contributed by atoms with van der Waals surface area (Å²) in [5.74, 6) is -0.0241. The number of anilines is 1. The number of rotatable bonds is 3. The molecule has 3 heterocycles. The molecule has 2 fully saturated rings. The number of urea groups is 1. The number of alkyl halides is 3. The van der Waals surface area contributed by atoms with Crippen molar-refractivity contribution < 1.29 is 22.8 Å². The lowest BCUT2D eigenvalue weighted by atomic mass is 10.0. The van der Waals surface area contributed by atoms with E-state index in [0.29, 0.717) is 43.9 Å². The highest BCUT2D eigenvalue weighted by Crippen LogP contribution is 2.39. The molecule has 1 radical (unpaired) electrons. The molecule has 2 atom stereocenters. The van der Waals surface area contributed by atoms with E-state index < -0.39 is 22.2 Å². The molecule has 8 nitrogen and oxygen atoms in total. The Bertz CT molecular complexity index is 875. The van der Waals surface area contributed by atoms with Crippen LogP contribution >= 0.6 is 22.9 Å². The summed E-state index contributed by atoms with van der Waals surface area (Å²) in [4.78, 5) is 34.8. The summed E-state index contributed by atoms with van der Waals surface area (Å²) in [6.07, 6.45) is -4.36. The van der Waals surface area contributed by atoms with Crippen molar-refractivity contribution in [2.45, 2.75) is 51.0 Å². The summed E-state index contributed by atoms with van der Waals surface area (Å²) in [5, 5.41) is 5.45. The molecule has 1 aromatic rings. The molecule has 1 aromatic heterocycles. The number of halogens is 4. The molecule has 3 amide bonds. The van der Waals surface area contributed by atoms with Crippen LogP contribution in [-0.2, 0) is 11.0 Å². The standard InChI is InChI=1S/C20H29ClF3N6O2S/c1-5-12-10-28(16(31)13-11-29(7-6-25-13)19(2,3)4)8-9-30(12)18(32)27-17-26-14(15(21)33-17)20(22,23)24/h12-13,25H,1,5-11H2,2-4H3,(H,26,27,32). The number of nitrogens with zero attached hydrogens (tertiary/aromatic N) is 4. The van der Waals surface area contributed by atoms with E-state index in [2.05, 4.69) is 48.2 Å². The number of nitrogens with one attached hydrogen (secondary N) is 2. The van der Waals surface area contributed by atoms with Gasteiger partial charge in [0.15, 0.2) is 10.8 Å². The summed E-state index contributed by atoms with van der Waals surface area (Å²) in [6.45, 7) is 13.3. The van der Waals surface area contributed by atoms with Crippen LogP contribution in [0.5, 0.6) is 0 Å². The highest BCUT2D eigenvalue weighted by Gasteiger charge is 2.39. The second-order valence-electron chi connectivity index (χ2n) is 9.11. The van der Waals surface area contributed by atoms with Gasteiger partial charge in [-0.2, -0.15) is 13.2 Å². The van der Waals surface area contributed by atoms with E-state index >= 15 is 0 Å². The minimum atomic E-state index is -4.70. The fourth-order valence-corrected chi connectivity index (χ4v) is 5.08. The van der Waals surface area contributed by atoms with Gasteiger partial charge in [0.2, 0.25) is 5.91 Å². The lowest BCUT2D eigenvalue weighted by molar-refractivity contribution is -0.140. The molecule has 2 aliphatic heterocycles. The van der Waals surface area contributed by atoms with E-state index in [-0.39, 0.29) is 35.2 Å². The first-order valence-corrected chi connectivity index (χ1v) is 11.9. The van der Waals surface area contributed by atoms with Gasteiger partial charge in [-0.25, -0.2) is 9.78 Å². The maximum absolute atomic E-state index is 13.2. The van der Waals surface area contributed by atoms with Crippen LogP contribution in [0.25, 0.3) is 0 Å². The number of hydrogen-bond acceptors (Lipinski definition) is 6. The average Bonchev–Trinajstić information content (AvgIpc) is 3.12. The van der Waals surface area contributed by atoms with Crippen LogP contribution < -0.4 is 10.6 Å². The van der Waals surface area contributed by atoms with E-state index in [9.17, 15) is 22.8 Å². The van der Waals surface area contributed by atoms with Crippen LogP contribution in [-0.4, -0.2) is 88.5 Å². The van der Waals surface area contributed by atoms with Gasteiger partial charge in [-0.1, -0.05) is 29.9 Å². The van der Waals surface area contributed by atoms with Crippen LogP contribution in [0.4, 0.5) is 23.1 Å². The molecule has 185 valence electrons. The molecule has 0 saturated carbocycles. The number of hydrogen-bond donors (Lipinski definition) is 2. The van der Waals surface area contributed by atoms with E-state index in [0.717, 1.165) is 6.54 Å². The minimum Gasteiger partial charge on any atom is -0.337 e. The van der Waals surface area contributed by atoms with E-state index in [1.807, 2.05) is 0 Å². The van der Waals surface area contributed by atoms with Crippen LogP contribution in [0, 0.1) is 6.92 Å². The first-order valence-electron chi connectivity index (χ1n) is 10.7. The van der Waals surface area contributed by atoms with Gasteiger partial charge in [0.1, 0.15) is 4.34 Å². The van der Waals surface area contributed by atoms with Gasteiger partial charge in [-0.05, 0) is 27.2 Å². The fraction of sp³-hybridized carbons (Fsp3) is 0.700. The molecule has 0 aliphatic carbocycles. The van der Waals surface area contributed by atoms with Gasteiger partial charge in [0, 0.05) is 44.8 Å². The zero-order valence-electron chi connectivity index (χ0n) is 18.8. The highest BCUT2D eigenvalue weighted by atomic mass is 35.5. The van der Waals surface area contributed by atoms with Gasteiger partial charge in [-0.3, -0.25) is 15.0 Å². The van der Waals surface area contributed by atoms with Crippen molar-refractivity contribution in [3.63, 3.8) is 0 Å². The summed E-state index contributed by atoms with van der Waals surface area (Å²) in [5.41, 5.74) is -1.27. The Kier molecular flexibility index (Phi) is 7.82. The Hall–Kier alpha value is -1.63. The molecule has 3 rings (SSSR count). The number of thiazole rings is 1. The zero-order valence-corrected chi connectivity index (χ0v) is 20.4. The maximum atomic E-state index is 13.2. The monoisotopic (exact) mass is 509 g/mol. The van der Waals surface area contributed by atoms with Crippen molar-refractivity contribution in [1.29, 1.82) is 0 Å². The van der Waals surface area contributed by atoms with Crippen LogP contribution in [0.1, 0.15) is 32.9 Å². The van der Waals surface area contributed by atoms with Crippen LogP contribution in [0.2, 0.25) is 4.34 Å². The highest BCUT2D eigenvalue weighted by molar-refractivity contribution is 7.19. The van der Waals surface area contributed by atoms with Gasteiger partial charge < -0.3 is 15.1 Å². The second kappa shape index (κ2) is 9.93. The molecular formula is C20H29ClF3N6O2S. The smallest absolute Gasteiger partial charge is 0.337 e. The molecule has 13 heteroatoms. The van der Waals surface area contributed by atoms with Crippen molar-refractivity contribution in [1.82, 2.24) is 25.0 Å². The predicted molar refractivity (Wildman–Crippen MR) is 121 cm³/mol. The predicted octanol–water partition coefficient (Wildman–Crippen LogP) is 3.16. The second-order valence-corrected chi connectivity index (χ2v) is 10.7. The quantitative estimate of drug-likeness (QED) is 0.654. The number of carbonyl (C=O) groups is 2. The maximum Gasteiger partial charge on any atom is 0.435 e. The average molecular weight is 510 g/mol. The van der Waals surface area contributed by atoms with Crippen LogP contribution in [0.3, 0.4) is 0 Å². The number of amides is 3. The number of carbonyl (C=O) groups excluding carboxylic acids is 2. The van der Waals surface area contributed by atoms with E-state index in [1.165, 1.54) is 4.90 Å². The largest absolute Gasteiger partial charge is 0.435 e. The third-order valence-corrected chi connectivity index (χ3v) is 7.05. The zero-order chi connectivity index (χ0) is 24.6. The van der Waals surface area contributed by atoms with Crippen molar-refractivity contribution >= 4 is 40.0 Å². The Morgan fingerprint density at radius 2 is 1.94 bits per heavy atom. The lowest BCUT2D eigenvalue weighted by Gasteiger charge is -2.45. The summed E-state index contributed by atoms with van der Waals surface area (Å²) >= 11 is 6.18. The molecule has 2 N–H and O–H groups in total. The minimum absolute atomic E-state index is 0.0241. The first-order chi connectivity index (χ1) is 15.3. The SMILES string of the molecule is [CH2]CC1CN(C(=O)C2CN(C(C)(C)C)CCN2)CCN1C(=O)Nc1nc(C(F)(F)F)c(Cl)s1. The Morgan fingerprint density at radius 3 is 2.52 bits per heavy atom. The van der Waals surface area contributed by atoms with Crippen molar-refractivity contribution in [2.75, 3.05) is 44.6 Å². The van der Waals surface area contributed by atoms with Crippen molar-refractivity contribution in [3.8, 4) is 0 Å². The molecule has 0 spiro atoms. The van der Waals surface area contributed by atoms with Gasteiger partial charge >= 0.3 is 12.2 Å². The molecule has 0 bridgehead atoms. The van der Waals surface area contributed by atoms with Crippen LogP contribution in [0.15, 0.2) is 0 Å². The molecule has 0 aromatic carbocycles. The third-order valence-electron chi connectivity index (χ3n) is 5.88. The summed E-state index contributed by atoms with van der Waals surface area (Å²) in [6, 6.07) is -1.30. The van der Waals surface area contributed by atoms with E-state index in [1.54, 1.807) is 4.90 Å². The summed E-state index contributed by atoms with van der Waals surface area (Å²) in [7, 11) is 0. The van der Waals surface area contributed by atoms with E-state index in [4.69, 9.17) is 11.6 Å². The third kappa shape index (κ3) is 6.09. The normalized spacial score (nSPS) is 23.0. The number of piperazine rings is 2. The molecular weight excluding hydrogens is 481 g/mol. The topological polar surface area (TPSA) is 80.8 Å².